The van der Waals surface area contributed by atoms with Crippen LogP contribution >= 0.6 is 0 Å². The molecule has 0 radical (unpaired) electrons. The molecular weight excluding hydrogens is 711 g/mol. The molecule has 4 heterocycles. The lowest BCUT2D eigenvalue weighted by Gasteiger charge is -2.34. The zero-order valence-corrected chi connectivity index (χ0v) is 33.3. The van der Waals surface area contributed by atoms with E-state index in [9.17, 15) is 14.7 Å². The van der Waals surface area contributed by atoms with Crippen LogP contribution < -0.4 is 16.0 Å². The molecule has 56 heavy (non-hydrogen) atoms. The second-order valence-electron chi connectivity index (χ2n) is 15.6. The fourth-order valence-corrected chi connectivity index (χ4v) is 7.21. The number of hydrogen-bond acceptors (Lipinski definition) is 13. The molecule has 14 heteroatoms. The Labute approximate surface area is 329 Å². The minimum absolute atomic E-state index is 0.118. The van der Waals surface area contributed by atoms with Crippen LogP contribution in [0.25, 0.3) is 11.5 Å². The molecule has 0 spiro atoms. The quantitative estimate of drug-likeness (QED) is 0.0609. The predicted octanol–water partition coefficient (Wildman–Crippen LogP) is 6.02. The van der Waals surface area contributed by atoms with Crippen molar-refractivity contribution in [3.05, 3.63) is 77.3 Å². The second-order valence-corrected chi connectivity index (χ2v) is 15.6. The maximum Gasteiger partial charge on any atom is 0.339 e. The van der Waals surface area contributed by atoms with Crippen LogP contribution in [0.15, 0.2) is 59.1 Å². The number of unbranched alkanes of at least 4 members (excludes halogenated alkanes) is 5. The molecule has 1 saturated heterocycles. The Morgan fingerprint density at radius 1 is 0.946 bits per heavy atom. The van der Waals surface area contributed by atoms with Gasteiger partial charge in [0.2, 0.25) is 17.7 Å². The van der Waals surface area contributed by atoms with Crippen molar-refractivity contribution in [1.82, 2.24) is 35.3 Å². The van der Waals surface area contributed by atoms with Gasteiger partial charge < -0.3 is 35.1 Å². The van der Waals surface area contributed by atoms with Crippen molar-refractivity contribution in [2.75, 3.05) is 63.1 Å². The molecular formula is C42H57N9O5. The Balaban J connectivity index is 1.06. The Kier molecular flexibility index (Phi) is 13.7. The van der Waals surface area contributed by atoms with Gasteiger partial charge in [0.1, 0.15) is 11.4 Å². The first kappa shape index (κ1) is 40.7. The van der Waals surface area contributed by atoms with Gasteiger partial charge in [-0.1, -0.05) is 69.4 Å². The molecule has 4 aromatic rings. The number of aryl methyl sites for hydroxylation is 1. The van der Waals surface area contributed by atoms with Crippen LogP contribution in [0.4, 0.5) is 17.5 Å². The summed E-state index contributed by atoms with van der Waals surface area (Å²) in [5.41, 5.74) is 1.70. The summed E-state index contributed by atoms with van der Waals surface area (Å²) in [6.07, 6.45) is 10.4. The molecule has 300 valence electrons. The first-order valence-corrected chi connectivity index (χ1v) is 20.1. The van der Waals surface area contributed by atoms with Crippen molar-refractivity contribution in [2.45, 2.75) is 90.2 Å². The lowest BCUT2D eigenvalue weighted by Crippen LogP contribution is -2.49. The maximum absolute atomic E-state index is 12.5. The van der Waals surface area contributed by atoms with E-state index in [1.54, 1.807) is 18.3 Å². The SMILES string of the molecule is CCCCCCCCNC(=O)CN1CCN(CCCc2nnc(-c3cnc(Nc4ccc5c(c4)C(C)(C)OC5=O)nc3N[C@@](C)(CO)c3ccccc3)o2)CC1. The van der Waals surface area contributed by atoms with E-state index in [1.807, 2.05) is 57.2 Å². The number of amides is 1. The van der Waals surface area contributed by atoms with Gasteiger partial charge >= 0.3 is 5.97 Å². The Morgan fingerprint density at radius 3 is 2.46 bits per heavy atom. The van der Waals surface area contributed by atoms with Crippen molar-refractivity contribution < 1.29 is 23.8 Å². The molecule has 2 aliphatic heterocycles. The number of rotatable bonds is 20. The highest BCUT2D eigenvalue weighted by Crippen LogP contribution is 2.38. The summed E-state index contributed by atoms with van der Waals surface area (Å²) in [4.78, 5) is 38.9. The van der Waals surface area contributed by atoms with E-state index < -0.39 is 11.1 Å². The molecule has 2 aromatic heterocycles. The highest BCUT2D eigenvalue weighted by molar-refractivity contribution is 5.95. The van der Waals surface area contributed by atoms with E-state index in [0.29, 0.717) is 47.4 Å². The van der Waals surface area contributed by atoms with Gasteiger partial charge in [-0.3, -0.25) is 9.69 Å². The zero-order chi connectivity index (χ0) is 39.5. The lowest BCUT2D eigenvalue weighted by molar-refractivity contribution is -0.122. The van der Waals surface area contributed by atoms with E-state index in [-0.39, 0.29) is 24.4 Å². The number of hydrogen-bond donors (Lipinski definition) is 4. The smallest absolute Gasteiger partial charge is 0.339 e. The molecule has 1 fully saturated rings. The molecule has 4 N–H and O–H groups in total. The highest BCUT2D eigenvalue weighted by atomic mass is 16.6. The average molecular weight is 768 g/mol. The van der Waals surface area contributed by atoms with Crippen LogP contribution in [0.1, 0.15) is 100 Å². The highest BCUT2D eigenvalue weighted by Gasteiger charge is 2.38. The van der Waals surface area contributed by atoms with Crippen LogP contribution in [0.5, 0.6) is 0 Å². The minimum Gasteiger partial charge on any atom is -0.451 e. The van der Waals surface area contributed by atoms with Crippen molar-refractivity contribution >= 4 is 29.3 Å². The normalized spacial score (nSPS) is 16.6. The summed E-state index contributed by atoms with van der Waals surface area (Å²) in [7, 11) is 0. The number of anilines is 3. The molecule has 0 saturated carbocycles. The number of aliphatic hydroxyl groups is 1. The van der Waals surface area contributed by atoms with Crippen molar-refractivity contribution in [1.29, 1.82) is 0 Å². The average Bonchev–Trinajstić information content (AvgIpc) is 3.75. The Morgan fingerprint density at radius 2 is 1.70 bits per heavy atom. The van der Waals surface area contributed by atoms with Gasteiger partial charge in [0, 0.05) is 56.6 Å². The van der Waals surface area contributed by atoms with Gasteiger partial charge in [-0.25, -0.2) is 9.78 Å². The number of aliphatic hydroxyl groups excluding tert-OH is 1. The predicted molar refractivity (Wildman–Crippen MR) is 216 cm³/mol. The second kappa shape index (κ2) is 18.8. The molecule has 0 aliphatic carbocycles. The number of cyclic esters (lactones) is 1. The Hall–Kier alpha value is -4.92. The standard InChI is InChI=1S/C42H57N9O5/c1-5-6-7-8-9-13-20-43-35(53)28-51-24-22-50(23-25-51)21-14-17-36-48-49-38(55-36)33-27-44-40(45-31-18-19-32-34(26-31)41(2,3)56-39(32)54)46-37(33)47-42(4,29-52)30-15-11-10-12-16-30/h10-12,15-16,18-19,26-27,52H,5-9,13-14,17,20-25,28-29H2,1-4H3,(H,43,53)(H2,44,45,46,47)/t42-/m0/s1. The number of carbonyl (C=O) groups excluding carboxylic acids is 2. The Bertz CT molecular complexity index is 1910. The van der Waals surface area contributed by atoms with E-state index in [1.165, 1.54) is 32.1 Å². The van der Waals surface area contributed by atoms with Crippen molar-refractivity contribution in [3.8, 4) is 11.5 Å². The number of fused-ring (bicyclic) bond motifs is 1. The first-order valence-electron chi connectivity index (χ1n) is 20.1. The topological polar surface area (TPSA) is 171 Å². The van der Waals surface area contributed by atoms with Crippen LogP contribution in [-0.2, 0) is 27.1 Å². The molecule has 1 amide bonds. The van der Waals surface area contributed by atoms with Gasteiger partial charge in [0.25, 0.3) is 5.89 Å². The van der Waals surface area contributed by atoms with Gasteiger partial charge in [0.15, 0.2) is 0 Å². The van der Waals surface area contributed by atoms with E-state index >= 15 is 0 Å². The van der Waals surface area contributed by atoms with Crippen LogP contribution in [0, 0.1) is 0 Å². The number of esters is 1. The molecule has 0 bridgehead atoms. The van der Waals surface area contributed by atoms with Crippen LogP contribution in [0.3, 0.4) is 0 Å². The third-order valence-electron chi connectivity index (χ3n) is 10.6. The summed E-state index contributed by atoms with van der Waals surface area (Å²) in [6.45, 7) is 13.3. The van der Waals surface area contributed by atoms with E-state index in [0.717, 1.165) is 63.2 Å². The van der Waals surface area contributed by atoms with Crippen molar-refractivity contribution in [2.24, 2.45) is 0 Å². The molecule has 2 aliphatic rings. The number of piperazine rings is 1. The fraction of sp³-hybridized carbons (Fsp3) is 0.524. The monoisotopic (exact) mass is 767 g/mol. The molecule has 2 aromatic carbocycles. The number of aromatic nitrogens is 4. The van der Waals surface area contributed by atoms with Crippen molar-refractivity contribution in [3.63, 3.8) is 0 Å². The van der Waals surface area contributed by atoms with Gasteiger partial charge in [0.05, 0.1) is 29.8 Å². The zero-order valence-electron chi connectivity index (χ0n) is 33.3. The van der Waals surface area contributed by atoms with Gasteiger partial charge in [-0.05, 0) is 63.9 Å². The number of nitrogens with one attached hydrogen (secondary N) is 3. The summed E-state index contributed by atoms with van der Waals surface area (Å²) >= 11 is 0. The molecule has 1 atom stereocenters. The third kappa shape index (κ3) is 10.5. The summed E-state index contributed by atoms with van der Waals surface area (Å²) in [5.74, 6) is 1.24. The lowest BCUT2D eigenvalue weighted by atomic mass is 9.92. The van der Waals surface area contributed by atoms with Crippen LogP contribution in [-0.4, -0.2) is 99.4 Å². The van der Waals surface area contributed by atoms with E-state index in [4.69, 9.17) is 14.1 Å². The number of benzene rings is 2. The summed E-state index contributed by atoms with van der Waals surface area (Å²) in [6, 6.07) is 15.0. The van der Waals surface area contributed by atoms with Crippen LogP contribution in [0.2, 0.25) is 0 Å². The summed E-state index contributed by atoms with van der Waals surface area (Å²) in [5, 5.41) is 29.1. The first-order chi connectivity index (χ1) is 27.1. The summed E-state index contributed by atoms with van der Waals surface area (Å²) < 4.78 is 11.7. The number of carbonyl (C=O) groups is 2. The number of ether oxygens (including phenoxy) is 1. The minimum atomic E-state index is -0.902. The molecule has 14 nitrogen and oxygen atoms in total. The van der Waals surface area contributed by atoms with Gasteiger partial charge in [-0.2, -0.15) is 4.98 Å². The third-order valence-corrected chi connectivity index (χ3v) is 10.6. The maximum atomic E-state index is 12.5. The fourth-order valence-electron chi connectivity index (χ4n) is 7.21. The largest absolute Gasteiger partial charge is 0.451 e. The molecule has 0 unspecified atom stereocenters. The molecule has 6 rings (SSSR count). The van der Waals surface area contributed by atoms with E-state index in [2.05, 4.69) is 47.9 Å². The van der Waals surface area contributed by atoms with Gasteiger partial charge in [-0.15, -0.1) is 10.2 Å². The number of nitrogens with zero attached hydrogens (tertiary/aromatic N) is 6.